The molecule has 2 aromatic heterocycles. The standard InChI is InChI=1S/C11H12N2O/c1-8(14-2)9-5-6-10-11(13-9)4-3-7-12-10/h3-8H,1-2H3. The third kappa shape index (κ3) is 1.59. The van der Waals surface area contributed by atoms with Crippen LogP contribution >= 0.6 is 0 Å². The average Bonchev–Trinajstić information content (AvgIpc) is 2.27. The zero-order valence-corrected chi connectivity index (χ0v) is 8.27. The molecular weight excluding hydrogens is 176 g/mol. The van der Waals surface area contributed by atoms with Crippen LogP contribution < -0.4 is 0 Å². The van der Waals surface area contributed by atoms with Crippen LogP contribution in [0.25, 0.3) is 11.0 Å². The van der Waals surface area contributed by atoms with Crippen LogP contribution in [0.15, 0.2) is 30.5 Å². The van der Waals surface area contributed by atoms with Crippen molar-refractivity contribution in [1.29, 1.82) is 0 Å². The molecule has 14 heavy (non-hydrogen) atoms. The number of hydrogen-bond donors (Lipinski definition) is 0. The summed E-state index contributed by atoms with van der Waals surface area (Å²) in [6.07, 6.45) is 1.79. The molecule has 0 aliphatic rings. The molecule has 0 amide bonds. The third-order valence-electron chi connectivity index (χ3n) is 2.25. The summed E-state index contributed by atoms with van der Waals surface area (Å²) in [4.78, 5) is 8.66. The fourth-order valence-electron chi connectivity index (χ4n) is 1.32. The van der Waals surface area contributed by atoms with Gasteiger partial charge in [0.05, 0.1) is 22.8 Å². The van der Waals surface area contributed by atoms with Gasteiger partial charge in [-0.2, -0.15) is 0 Å². The lowest BCUT2D eigenvalue weighted by Crippen LogP contribution is -1.99. The number of ether oxygens (including phenoxy) is 1. The second kappa shape index (κ2) is 3.72. The Morgan fingerprint density at radius 1 is 1.21 bits per heavy atom. The minimum absolute atomic E-state index is 0.0274. The number of aromatic nitrogens is 2. The van der Waals surface area contributed by atoms with E-state index in [2.05, 4.69) is 9.97 Å². The monoisotopic (exact) mass is 188 g/mol. The van der Waals surface area contributed by atoms with Crippen molar-refractivity contribution in [3.05, 3.63) is 36.2 Å². The van der Waals surface area contributed by atoms with Crippen molar-refractivity contribution < 1.29 is 4.74 Å². The van der Waals surface area contributed by atoms with Gasteiger partial charge in [-0.25, -0.2) is 4.98 Å². The van der Waals surface area contributed by atoms with Crippen LogP contribution in [0.5, 0.6) is 0 Å². The van der Waals surface area contributed by atoms with Gasteiger partial charge in [0.25, 0.3) is 0 Å². The van der Waals surface area contributed by atoms with E-state index in [0.29, 0.717) is 0 Å². The van der Waals surface area contributed by atoms with Gasteiger partial charge in [-0.3, -0.25) is 4.98 Å². The molecule has 0 aliphatic carbocycles. The molecule has 0 N–H and O–H groups in total. The largest absolute Gasteiger partial charge is 0.375 e. The molecule has 1 unspecified atom stereocenters. The maximum absolute atomic E-state index is 5.20. The van der Waals surface area contributed by atoms with E-state index in [4.69, 9.17) is 4.74 Å². The van der Waals surface area contributed by atoms with Crippen molar-refractivity contribution in [2.24, 2.45) is 0 Å². The van der Waals surface area contributed by atoms with Gasteiger partial charge in [-0.05, 0) is 31.2 Å². The molecule has 0 bridgehead atoms. The van der Waals surface area contributed by atoms with Gasteiger partial charge in [-0.15, -0.1) is 0 Å². The van der Waals surface area contributed by atoms with Crippen molar-refractivity contribution in [3.8, 4) is 0 Å². The molecule has 0 aromatic carbocycles. The molecule has 0 radical (unpaired) electrons. The minimum atomic E-state index is 0.0274. The molecule has 3 heteroatoms. The maximum atomic E-state index is 5.20. The highest BCUT2D eigenvalue weighted by atomic mass is 16.5. The van der Waals surface area contributed by atoms with Crippen molar-refractivity contribution in [1.82, 2.24) is 9.97 Å². The number of methoxy groups -OCH3 is 1. The SMILES string of the molecule is COC(C)c1ccc2ncccc2n1. The summed E-state index contributed by atoms with van der Waals surface area (Å²) in [6, 6.07) is 7.75. The second-order valence-corrected chi connectivity index (χ2v) is 3.16. The summed E-state index contributed by atoms with van der Waals surface area (Å²) in [6.45, 7) is 1.98. The minimum Gasteiger partial charge on any atom is -0.375 e. The maximum Gasteiger partial charge on any atom is 0.0963 e. The topological polar surface area (TPSA) is 35.0 Å². The Bertz CT molecular complexity index is 442. The van der Waals surface area contributed by atoms with E-state index in [1.807, 2.05) is 31.2 Å². The average molecular weight is 188 g/mol. The molecule has 72 valence electrons. The zero-order chi connectivity index (χ0) is 9.97. The number of pyridine rings is 2. The van der Waals surface area contributed by atoms with Crippen LogP contribution in [0.3, 0.4) is 0 Å². The normalized spacial score (nSPS) is 13.0. The number of nitrogens with zero attached hydrogens (tertiary/aromatic N) is 2. The molecule has 0 saturated carbocycles. The molecule has 1 atom stereocenters. The third-order valence-corrected chi connectivity index (χ3v) is 2.25. The quantitative estimate of drug-likeness (QED) is 0.725. The summed E-state index contributed by atoms with van der Waals surface area (Å²) in [5.74, 6) is 0. The summed E-state index contributed by atoms with van der Waals surface area (Å²) in [5.41, 5.74) is 2.77. The van der Waals surface area contributed by atoms with Gasteiger partial charge in [0.1, 0.15) is 0 Å². The molecule has 0 fully saturated rings. The fraction of sp³-hybridized carbons (Fsp3) is 0.273. The number of fused-ring (bicyclic) bond motifs is 1. The lowest BCUT2D eigenvalue weighted by atomic mass is 10.2. The summed E-state index contributed by atoms with van der Waals surface area (Å²) < 4.78 is 5.20. The lowest BCUT2D eigenvalue weighted by Gasteiger charge is -2.08. The van der Waals surface area contributed by atoms with E-state index in [9.17, 15) is 0 Å². The fourth-order valence-corrected chi connectivity index (χ4v) is 1.32. The van der Waals surface area contributed by atoms with E-state index in [-0.39, 0.29) is 6.10 Å². The van der Waals surface area contributed by atoms with Gasteiger partial charge >= 0.3 is 0 Å². The van der Waals surface area contributed by atoms with E-state index < -0.39 is 0 Å². The molecule has 2 heterocycles. The predicted molar refractivity (Wildman–Crippen MR) is 55.0 cm³/mol. The highest BCUT2D eigenvalue weighted by molar-refractivity contribution is 5.73. The zero-order valence-electron chi connectivity index (χ0n) is 8.27. The summed E-state index contributed by atoms with van der Waals surface area (Å²) in [7, 11) is 1.68. The van der Waals surface area contributed by atoms with Gasteiger partial charge in [0.2, 0.25) is 0 Å². The number of hydrogen-bond acceptors (Lipinski definition) is 3. The van der Waals surface area contributed by atoms with Gasteiger partial charge in [-0.1, -0.05) is 0 Å². The second-order valence-electron chi connectivity index (χ2n) is 3.16. The van der Waals surface area contributed by atoms with Crippen LogP contribution in [0, 0.1) is 0 Å². The molecular formula is C11H12N2O. The Morgan fingerprint density at radius 3 is 2.86 bits per heavy atom. The van der Waals surface area contributed by atoms with E-state index in [1.165, 1.54) is 0 Å². The highest BCUT2D eigenvalue weighted by Crippen LogP contribution is 2.16. The Kier molecular flexibility index (Phi) is 2.41. The molecule has 3 nitrogen and oxygen atoms in total. The van der Waals surface area contributed by atoms with Gasteiger partial charge in [0.15, 0.2) is 0 Å². The van der Waals surface area contributed by atoms with E-state index in [1.54, 1.807) is 13.3 Å². The Hall–Kier alpha value is -1.48. The van der Waals surface area contributed by atoms with E-state index >= 15 is 0 Å². The highest BCUT2D eigenvalue weighted by Gasteiger charge is 2.05. The summed E-state index contributed by atoms with van der Waals surface area (Å²) in [5, 5.41) is 0. The van der Waals surface area contributed by atoms with Gasteiger partial charge < -0.3 is 4.74 Å². The van der Waals surface area contributed by atoms with Crippen molar-refractivity contribution >= 4 is 11.0 Å². The van der Waals surface area contributed by atoms with Crippen LogP contribution in [-0.2, 0) is 4.74 Å². The first-order chi connectivity index (χ1) is 6.81. The first-order valence-corrected chi connectivity index (χ1v) is 4.56. The summed E-state index contributed by atoms with van der Waals surface area (Å²) >= 11 is 0. The molecule has 0 aliphatic heterocycles. The first kappa shape index (κ1) is 9.09. The number of rotatable bonds is 2. The van der Waals surface area contributed by atoms with Crippen molar-refractivity contribution in [2.45, 2.75) is 13.0 Å². The smallest absolute Gasteiger partial charge is 0.0963 e. The lowest BCUT2D eigenvalue weighted by molar-refractivity contribution is 0.116. The first-order valence-electron chi connectivity index (χ1n) is 4.56. The Labute approximate surface area is 82.8 Å². The van der Waals surface area contributed by atoms with Crippen LogP contribution in [0.2, 0.25) is 0 Å². The van der Waals surface area contributed by atoms with Gasteiger partial charge in [0, 0.05) is 13.3 Å². The van der Waals surface area contributed by atoms with Crippen molar-refractivity contribution in [2.75, 3.05) is 7.11 Å². The van der Waals surface area contributed by atoms with E-state index in [0.717, 1.165) is 16.7 Å². The van der Waals surface area contributed by atoms with Crippen LogP contribution in [0.4, 0.5) is 0 Å². The Morgan fingerprint density at radius 2 is 2.07 bits per heavy atom. The molecule has 0 spiro atoms. The molecule has 2 aromatic rings. The molecule has 2 rings (SSSR count). The van der Waals surface area contributed by atoms with Crippen LogP contribution in [0.1, 0.15) is 18.7 Å². The van der Waals surface area contributed by atoms with Crippen LogP contribution in [-0.4, -0.2) is 17.1 Å². The molecule has 0 saturated heterocycles. The predicted octanol–water partition coefficient (Wildman–Crippen LogP) is 2.34. The van der Waals surface area contributed by atoms with Crippen molar-refractivity contribution in [3.63, 3.8) is 0 Å². The Balaban J connectivity index is 2.51.